The van der Waals surface area contributed by atoms with Crippen LogP contribution in [0.25, 0.3) is 0 Å². The van der Waals surface area contributed by atoms with Crippen molar-refractivity contribution in [3.63, 3.8) is 0 Å². The number of piperidine rings is 1. The molecule has 138 valence electrons. The molecule has 1 unspecified atom stereocenters. The molecule has 0 saturated carbocycles. The van der Waals surface area contributed by atoms with Crippen LogP contribution in [0.2, 0.25) is 0 Å². The third kappa shape index (κ3) is 7.29. The number of aliphatic imine (C=N–C) groups is 1. The molecule has 2 amide bonds. The van der Waals surface area contributed by atoms with Crippen LogP contribution in [0.5, 0.6) is 0 Å². The van der Waals surface area contributed by atoms with Crippen molar-refractivity contribution in [2.45, 2.75) is 52.4 Å². The van der Waals surface area contributed by atoms with Crippen molar-refractivity contribution in [1.82, 2.24) is 15.5 Å². The Labute approximate surface area is 144 Å². The number of guanidine groups is 1. The highest BCUT2D eigenvalue weighted by molar-refractivity contribution is 5.97. The Hall–Kier alpha value is -1.63. The van der Waals surface area contributed by atoms with E-state index in [1.807, 2.05) is 6.92 Å². The molecule has 24 heavy (non-hydrogen) atoms. The number of aliphatic hydroxyl groups excluding tert-OH is 1. The van der Waals surface area contributed by atoms with E-state index in [1.54, 1.807) is 0 Å². The van der Waals surface area contributed by atoms with Gasteiger partial charge in [0.1, 0.15) is 0 Å². The average molecular weight is 340 g/mol. The molecule has 1 fully saturated rings. The molecule has 0 spiro atoms. The lowest BCUT2D eigenvalue weighted by atomic mass is 10.0. The Morgan fingerprint density at radius 3 is 2.50 bits per heavy atom. The van der Waals surface area contributed by atoms with Gasteiger partial charge in [0, 0.05) is 45.6 Å². The summed E-state index contributed by atoms with van der Waals surface area (Å²) in [4.78, 5) is 29.5. The third-order valence-electron chi connectivity index (χ3n) is 4.10. The van der Waals surface area contributed by atoms with Crippen molar-refractivity contribution >= 4 is 17.8 Å². The second-order valence-electron chi connectivity index (χ2n) is 6.11. The molecule has 0 bridgehead atoms. The summed E-state index contributed by atoms with van der Waals surface area (Å²) in [5.74, 6) is 0.899. The van der Waals surface area contributed by atoms with Gasteiger partial charge in [-0.3, -0.25) is 19.5 Å². The molecule has 1 heterocycles. The monoisotopic (exact) mass is 340 g/mol. The Morgan fingerprint density at radius 2 is 1.92 bits per heavy atom. The lowest BCUT2D eigenvalue weighted by Crippen LogP contribution is -2.46. The van der Waals surface area contributed by atoms with Crippen LogP contribution in [0.4, 0.5) is 0 Å². The molecular weight excluding hydrogens is 308 g/mol. The summed E-state index contributed by atoms with van der Waals surface area (Å²) in [5.41, 5.74) is 0. The predicted octanol–water partition coefficient (Wildman–Crippen LogP) is 0.879. The summed E-state index contributed by atoms with van der Waals surface area (Å²) in [6.45, 7) is 6.57. The number of hydrogen-bond donors (Lipinski definition) is 3. The van der Waals surface area contributed by atoms with Crippen molar-refractivity contribution in [3.8, 4) is 0 Å². The number of hydrogen-bond acceptors (Lipinski definition) is 4. The number of nitrogens with zero attached hydrogens (tertiary/aromatic N) is 2. The Kier molecular flexibility index (Phi) is 10.1. The number of amides is 2. The molecule has 3 N–H and O–H groups in total. The first-order valence-corrected chi connectivity index (χ1v) is 9.08. The quantitative estimate of drug-likeness (QED) is 0.312. The Morgan fingerprint density at radius 1 is 1.21 bits per heavy atom. The maximum atomic E-state index is 11.8. The van der Waals surface area contributed by atoms with Gasteiger partial charge in [-0.1, -0.05) is 13.3 Å². The van der Waals surface area contributed by atoms with E-state index < -0.39 is 0 Å². The van der Waals surface area contributed by atoms with E-state index in [0.29, 0.717) is 50.8 Å². The van der Waals surface area contributed by atoms with Gasteiger partial charge in [0.2, 0.25) is 11.8 Å². The zero-order valence-electron chi connectivity index (χ0n) is 15.0. The summed E-state index contributed by atoms with van der Waals surface area (Å²) in [6, 6.07) is 0. The highest BCUT2D eigenvalue weighted by Crippen LogP contribution is 2.12. The van der Waals surface area contributed by atoms with E-state index in [4.69, 9.17) is 5.11 Å². The summed E-state index contributed by atoms with van der Waals surface area (Å²) >= 11 is 0. The molecule has 1 aliphatic heterocycles. The largest absolute Gasteiger partial charge is 0.396 e. The normalized spacial score (nSPS) is 17.1. The zero-order chi connectivity index (χ0) is 17.8. The van der Waals surface area contributed by atoms with Crippen LogP contribution in [-0.4, -0.2) is 60.6 Å². The molecule has 0 aliphatic carbocycles. The maximum Gasteiger partial charge on any atom is 0.229 e. The van der Waals surface area contributed by atoms with E-state index in [9.17, 15) is 9.59 Å². The molecule has 0 aromatic rings. The maximum absolute atomic E-state index is 11.8. The minimum atomic E-state index is -0.0825. The van der Waals surface area contributed by atoms with Gasteiger partial charge in [0.05, 0.1) is 0 Å². The lowest BCUT2D eigenvalue weighted by Gasteiger charge is -2.25. The molecule has 1 aliphatic rings. The van der Waals surface area contributed by atoms with E-state index in [2.05, 4.69) is 22.5 Å². The molecular formula is C17H32N4O3. The summed E-state index contributed by atoms with van der Waals surface area (Å²) < 4.78 is 0. The van der Waals surface area contributed by atoms with Crippen LogP contribution in [0.3, 0.4) is 0 Å². The minimum absolute atomic E-state index is 0.0825. The van der Waals surface area contributed by atoms with Crippen molar-refractivity contribution in [3.05, 3.63) is 0 Å². The fraction of sp³-hybridized carbons (Fsp3) is 0.824. The van der Waals surface area contributed by atoms with Crippen LogP contribution in [-0.2, 0) is 9.59 Å². The van der Waals surface area contributed by atoms with Crippen LogP contribution in [0.15, 0.2) is 4.99 Å². The number of aliphatic hydroxyl groups is 1. The SMILES string of the molecule is CCCC(CCO)CN=C(NCC)NCCN1C(=O)CCCC1=O. The van der Waals surface area contributed by atoms with Crippen molar-refractivity contribution in [2.75, 3.05) is 32.8 Å². The summed E-state index contributed by atoms with van der Waals surface area (Å²) in [7, 11) is 0. The molecule has 7 nitrogen and oxygen atoms in total. The van der Waals surface area contributed by atoms with Gasteiger partial charge >= 0.3 is 0 Å². The second kappa shape index (κ2) is 11.8. The van der Waals surface area contributed by atoms with Crippen molar-refractivity contribution < 1.29 is 14.7 Å². The highest BCUT2D eigenvalue weighted by atomic mass is 16.3. The van der Waals surface area contributed by atoms with E-state index in [1.165, 1.54) is 4.90 Å². The lowest BCUT2D eigenvalue weighted by molar-refractivity contribution is -0.147. The first kappa shape index (κ1) is 20.4. The van der Waals surface area contributed by atoms with Crippen LogP contribution >= 0.6 is 0 Å². The first-order chi connectivity index (χ1) is 11.6. The predicted molar refractivity (Wildman–Crippen MR) is 94.7 cm³/mol. The minimum Gasteiger partial charge on any atom is -0.396 e. The van der Waals surface area contributed by atoms with Gasteiger partial charge < -0.3 is 15.7 Å². The number of carbonyl (C=O) groups excluding carboxylic acids is 2. The number of rotatable bonds is 10. The Bertz CT molecular complexity index is 404. The van der Waals surface area contributed by atoms with E-state index >= 15 is 0 Å². The van der Waals surface area contributed by atoms with Gasteiger partial charge in [-0.05, 0) is 32.1 Å². The topological polar surface area (TPSA) is 94.0 Å². The van der Waals surface area contributed by atoms with E-state index in [0.717, 1.165) is 25.8 Å². The van der Waals surface area contributed by atoms with E-state index in [-0.39, 0.29) is 18.4 Å². The van der Waals surface area contributed by atoms with Crippen LogP contribution in [0, 0.1) is 5.92 Å². The average Bonchev–Trinajstić information content (AvgIpc) is 2.55. The van der Waals surface area contributed by atoms with Gasteiger partial charge in [-0.15, -0.1) is 0 Å². The molecule has 1 saturated heterocycles. The molecule has 1 rings (SSSR count). The number of nitrogens with one attached hydrogen (secondary N) is 2. The van der Waals surface area contributed by atoms with Crippen LogP contribution in [0.1, 0.15) is 52.4 Å². The van der Waals surface area contributed by atoms with Gasteiger partial charge in [-0.2, -0.15) is 0 Å². The first-order valence-electron chi connectivity index (χ1n) is 9.08. The van der Waals surface area contributed by atoms with Gasteiger partial charge in [0.15, 0.2) is 5.96 Å². The van der Waals surface area contributed by atoms with Crippen molar-refractivity contribution in [2.24, 2.45) is 10.9 Å². The van der Waals surface area contributed by atoms with Gasteiger partial charge in [-0.25, -0.2) is 0 Å². The third-order valence-corrected chi connectivity index (χ3v) is 4.10. The zero-order valence-corrected chi connectivity index (χ0v) is 15.0. The molecule has 0 radical (unpaired) electrons. The summed E-state index contributed by atoms with van der Waals surface area (Å²) in [6.07, 6.45) is 4.45. The number of imide groups is 1. The fourth-order valence-corrected chi connectivity index (χ4v) is 2.82. The number of likely N-dealkylation sites (tertiary alicyclic amines) is 1. The van der Waals surface area contributed by atoms with Gasteiger partial charge in [0.25, 0.3) is 0 Å². The van der Waals surface area contributed by atoms with Crippen molar-refractivity contribution in [1.29, 1.82) is 0 Å². The molecule has 7 heteroatoms. The second-order valence-corrected chi connectivity index (χ2v) is 6.11. The Balaban J connectivity index is 2.47. The highest BCUT2D eigenvalue weighted by Gasteiger charge is 2.25. The smallest absolute Gasteiger partial charge is 0.229 e. The number of carbonyl (C=O) groups is 2. The fourth-order valence-electron chi connectivity index (χ4n) is 2.82. The van der Waals surface area contributed by atoms with Crippen LogP contribution < -0.4 is 10.6 Å². The molecule has 0 aromatic carbocycles. The standard InChI is InChI=1S/C17H32N4O3/c1-3-6-14(9-12-22)13-20-17(18-4-2)19-10-11-21-15(23)7-5-8-16(21)24/h14,22H,3-13H2,1-2H3,(H2,18,19,20). The molecule has 0 aromatic heterocycles. The molecule has 1 atom stereocenters. The summed E-state index contributed by atoms with van der Waals surface area (Å²) in [5, 5.41) is 15.5.